The summed E-state index contributed by atoms with van der Waals surface area (Å²) in [6.45, 7) is 1.68. The molecule has 3 aromatic rings. The number of carbonyl (C=O) groups is 1. The highest BCUT2D eigenvalue weighted by Gasteiger charge is 2.20. The normalized spacial score (nSPS) is 12.3. The Morgan fingerprint density at radius 2 is 1.55 bits per heavy atom. The van der Waals surface area contributed by atoms with Crippen LogP contribution in [0.1, 0.15) is 24.2 Å². The van der Waals surface area contributed by atoms with Gasteiger partial charge in [-0.25, -0.2) is 13.2 Å². The van der Waals surface area contributed by atoms with Crippen LogP contribution in [-0.4, -0.2) is 25.2 Å². The number of aliphatic hydroxyl groups is 1. The first-order chi connectivity index (χ1) is 13.9. The summed E-state index contributed by atoms with van der Waals surface area (Å²) in [7, 11) is -3.37. The summed E-state index contributed by atoms with van der Waals surface area (Å²) < 4.78 is 29.9. The molecule has 29 heavy (non-hydrogen) atoms. The fourth-order valence-corrected chi connectivity index (χ4v) is 4.04. The van der Waals surface area contributed by atoms with E-state index >= 15 is 0 Å². The SMILES string of the molecule is CCS(=O)(=O)c1ccccc1-c1ccc(C(O)C(=O)OCc2ccccc2)cc1. The third-order valence-corrected chi connectivity index (χ3v) is 6.37. The lowest BCUT2D eigenvalue weighted by molar-refractivity contribution is -0.155. The van der Waals surface area contributed by atoms with Crippen molar-refractivity contribution in [3.63, 3.8) is 0 Å². The zero-order valence-corrected chi connectivity index (χ0v) is 16.8. The van der Waals surface area contributed by atoms with E-state index < -0.39 is 21.9 Å². The van der Waals surface area contributed by atoms with Gasteiger partial charge in [0.2, 0.25) is 0 Å². The minimum Gasteiger partial charge on any atom is -0.459 e. The molecule has 0 spiro atoms. The maximum atomic E-state index is 12.3. The molecular formula is C23H22O5S. The first-order valence-electron chi connectivity index (χ1n) is 9.23. The topological polar surface area (TPSA) is 80.7 Å². The monoisotopic (exact) mass is 410 g/mol. The summed E-state index contributed by atoms with van der Waals surface area (Å²) in [4.78, 5) is 12.4. The van der Waals surface area contributed by atoms with Crippen LogP contribution in [0.4, 0.5) is 0 Å². The molecule has 1 N–H and O–H groups in total. The van der Waals surface area contributed by atoms with Crippen LogP contribution < -0.4 is 0 Å². The standard InChI is InChI=1S/C23H22O5S/c1-2-29(26,27)21-11-7-6-10-20(21)18-12-14-19(15-13-18)22(24)23(25)28-16-17-8-4-3-5-9-17/h3-15,22,24H,2,16H2,1H3. The molecule has 150 valence electrons. The highest BCUT2D eigenvalue weighted by atomic mass is 32.2. The van der Waals surface area contributed by atoms with Crippen LogP contribution in [0.5, 0.6) is 0 Å². The van der Waals surface area contributed by atoms with E-state index in [0.717, 1.165) is 5.56 Å². The van der Waals surface area contributed by atoms with Crippen molar-refractivity contribution in [1.82, 2.24) is 0 Å². The van der Waals surface area contributed by atoms with Crippen molar-refractivity contribution >= 4 is 15.8 Å². The van der Waals surface area contributed by atoms with Crippen molar-refractivity contribution in [3.05, 3.63) is 90.0 Å². The maximum Gasteiger partial charge on any atom is 0.339 e. The van der Waals surface area contributed by atoms with Crippen molar-refractivity contribution < 1.29 is 23.1 Å². The van der Waals surface area contributed by atoms with E-state index in [1.54, 1.807) is 55.5 Å². The first-order valence-corrected chi connectivity index (χ1v) is 10.9. The maximum absolute atomic E-state index is 12.3. The molecule has 0 aromatic heterocycles. The van der Waals surface area contributed by atoms with Gasteiger partial charge in [0.05, 0.1) is 10.6 Å². The van der Waals surface area contributed by atoms with Crippen LogP contribution in [0, 0.1) is 0 Å². The third-order valence-electron chi connectivity index (χ3n) is 4.59. The molecule has 0 aliphatic heterocycles. The Kier molecular flexibility index (Phi) is 6.46. The lowest BCUT2D eigenvalue weighted by Crippen LogP contribution is -2.15. The molecule has 0 fully saturated rings. The molecule has 0 bridgehead atoms. The summed E-state index contributed by atoms with van der Waals surface area (Å²) in [5.41, 5.74) is 2.48. The lowest BCUT2D eigenvalue weighted by atomic mass is 10.0. The van der Waals surface area contributed by atoms with E-state index in [1.807, 2.05) is 30.3 Å². The minimum absolute atomic E-state index is 0.00800. The van der Waals surface area contributed by atoms with Crippen LogP contribution in [0.2, 0.25) is 0 Å². The number of rotatable bonds is 7. The number of ether oxygens (including phenoxy) is 1. The number of benzene rings is 3. The first kappa shape index (κ1) is 20.8. The van der Waals surface area contributed by atoms with E-state index in [1.165, 1.54) is 0 Å². The van der Waals surface area contributed by atoms with Crippen molar-refractivity contribution in [2.45, 2.75) is 24.5 Å². The zero-order valence-electron chi connectivity index (χ0n) is 16.0. The predicted octanol–water partition coefficient (Wildman–Crippen LogP) is 3.92. The van der Waals surface area contributed by atoms with E-state index in [9.17, 15) is 18.3 Å². The molecule has 0 amide bonds. The fourth-order valence-electron chi connectivity index (χ4n) is 2.92. The average molecular weight is 410 g/mol. The third kappa shape index (κ3) is 4.91. The Bertz CT molecular complexity index is 1070. The van der Waals surface area contributed by atoms with Gasteiger partial charge in [-0.2, -0.15) is 0 Å². The molecule has 0 aliphatic rings. The van der Waals surface area contributed by atoms with E-state index in [4.69, 9.17) is 4.74 Å². The average Bonchev–Trinajstić information content (AvgIpc) is 2.77. The van der Waals surface area contributed by atoms with E-state index in [-0.39, 0.29) is 17.3 Å². The molecule has 3 rings (SSSR count). The van der Waals surface area contributed by atoms with Gasteiger partial charge in [-0.15, -0.1) is 0 Å². The Hall–Kier alpha value is -2.96. The molecule has 0 saturated heterocycles. The predicted molar refractivity (Wildman–Crippen MR) is 111 cm³/mol. The summed E-state index contributed by atoms with van der Waals surface area (Å²) in [5, 5.41) is 10.3. The number of esters is 1. The van der Waals surface area contributed by atoms with Gasteiger partial charge in [-0.3, -0.25) is 0 Å². The van der Waals surface area contributed by atoms with Gasteiger partial charge >= 0.3 is 5.97 Å². The molecule has 0 heterocycles. The van der Waals surface area contributed by atoms with E-state index in [0.29, 0.717) is 16.7 Å². The number of sulfone groups is 1. The molecular weight excluding hydrogens is 388 g/mol. The van der Waals surface area contributed by atoms with Crippen molar-refractivity contribution in [2.24, 2.45) is 0 Å². The van der Waals surface area contributed by atoms with Gasteiger partial charge in [0.1, 0.15) is 6.61 Å². The summed E-state index contributed by atoms with van der Waals surface area (Å²) in [6, 6.07) is 22.6. The smallest absolute Gasteiger partial charge is 0.339 e. The molecule has 6 heteroatoms. The second kappa shape index (κ2) is 9.03. The molecule has 1 atom stereocenters. The largest absolute Gasteiger partial charge is 0.459 e. The summed E-state index contributed by atoms with van der Waals surface area (Å²) >= 11 is 0. The number of aliphatic hydroxyl groups excluding tert-OH is 1. The Balaban J connectivity index is 1.76. The quantitative estimate of drug-likeness (QED) is 0.597. The minimum atomic E-state index is -3.37. The van der Waals surface area contributed by atoms with Crippen molar-refractivity contribution in [2.75, 3.05) is 5.75 Å². The van der Waals surface area contributed by atoms with Crippen molar-refractivity contribution in [1.29, 1.82) is 0 Å². The van der Waals surface area contributed by atoms with Gasteiger partial charge < -0.3 is 9.84 Å². The van der Waals surface area contributed by atoms with Gasteiger partial charge in [-0.1, -0.05) is 79.7 Å². The van der Waals surface area contributed by atoms with E-state index in [2.05, 4.69) is 0 Å². The molecule has 3 aromatic carbocycles. The highest BCUT2D eigenvalue weighted by molar-refractivity contribution is 7.91. The molecule has 0 saturated carbocycles. The number of hydrogen-bond donors (Lipinski definition) is 1. The van der Waals surface area contributed by atoms with Crippen LogP contribution in [0.25, 0.3) is 11.1 Å². The highest BCUT2D eigenvalue weighted by Crippen LogP contribution is 2.29. The zero-order chi connectivity index (χ0) is 20.9. The van der Waals surface area contributed by atoms with Gasteiger partial charge in [0, 0.05) is 5.56 Å². The summed E-state index contributed by atoms with van der Waals surface area (Å²) in [5.74, 6) is -0.732. The molecule has 1 unspecified atom stereocenters. The number of hydrogen-bond acceptors (Lipinski definition) is 5. The molecule has 0 aliphatic carbocycles. The molecule has 0 radical (unpaired) electrons. The van der Waals surface area contributed by atoms with Crippen LogP contribution in [0.15, 0.2) is 83.8 Å². The second-order valence-electron chi connectivity index (χ2n) is 6.52. The van der Waals surface area contributed by atoms with Crippen LogP contribution in [0.3, 0.4) is 0 Å². The Morgan fingerprint density at radius 3 is 2.21 bits per heavy atom. The summed E-state index contributed by atoms with van der Waals surface area (Å²) in [6.07, 6.45) is -1.41. The van der Waals surface area contributed by atoms with Gasteiger partial charge in [-0.05, 0) is 22.8 Å². The second-order valence-corrected chi connectivity index (χ2v) is 8.76. The number of carbonyl (C=O) groups excluding carboxylic acids is 1. The lowest BCUT2D eigenvalue weighted by Gasteiger charge is -2.13. The fraction of sp³-hybridized carbons (Fsp3) is 0.174. The van der Waals surface area contributed by atoms with Crippen LogP contribution >= 0.6 is 0 Å². The van der Waals surface area contributed by atoms with Crippen LogP contribution in [-0.2, 0) is 26.0 Å². The Labute approximate surface area is 170 Å². The Morgan fingerprint density at radius 1 is 0.931 bits per heavy atom. The van der Waals surface area contributed by atoms with Gasteiger partial charge in [0.15, 0.2) is 15.9 Å². The van der Waals surface area contributed by atoms with Gasteiger partial charge in [0.25, 0.3) is 0 Å². The molecule has 5 nitrogen and oxygen atoms in total. The van der Waals surface area contributed by atoms with Crippen molar-refractivity contribution in [3.8, 4) is 11.1 Å².